The van der Waals surface area contributed by atoms with Crippen LogP contribution in [0, 0.1) is 18.6 Å². The summed E-state index contributed by atoms with van der Waals surface area (Å²) in [6.07, 6.45) is 4.68. The van der Waals surface area contributed by atoms with Gasteiger partial charge in [-0.15, -0.1) is 0 Å². The Kier molecular flexibility index (Phi) is 6.65. The maximum Gasteiger partial charge on any atom is 0.238 e. The molecule has 1 amide bonds. The van der Waals surface area contributed by atoms with Gasteiger partial charge in [-0.05, 0) is 56.1 Å². The molecule has 8 heteroatoms. The predicted molar refractivity (Wildman–Crippen MR) is 121 cm³/mol. The second kappa shape index (κ2) is 9.41. The molecular formula is C22H32N6OS. The minimum absolute atomic E-state index is 0.0530. The number of carbonyl (C=O) groups excluding carboxylic acids is 1. The number of carbonyl (C=O) groups is 1. The highest BCUT2D eigenvalue weighted by atomic mass is 32.1. The standard InChI is InChI=1S/C22H32N6OS/c1-17-7-6-8-19(18(17)2)23-21(29)15-25-11-13-26(14-12-25)16-28-22(30)27-10-5-3-4-9-20(27)24-28/h6-8H,3-5,9-16H2,1-2H3,(H,23,29). The van der Waals surface area contributed by atoms with E-state index in [9.17, 15) is 4.79 Å². The predicted octanol–water partition coefficient (Wildman–Crippen LogP) is 2.97. The molecular weight excluding hydrogens is 396 g/mol. The molecule has 0 spiro atoms. The van der Waals surface area contributed by atoms with E-state index < -0.39 is 0 Å². The molecule has 2 aliphatic rings. The van der Waals surface area contributed by atoms with Crippen LogP contribution in [-0.2, 0) is 24.4 Å². The number of aryl methyl sites for hydroxylation is 2. The van der Waals surface area contributed by atoms with Crippen molar-refractivity contribution < 1.29 is 4.79 Å². The van der Waals surface area contributed by atoms with Gasteiger partial charge in [0.1, 0.15) is 5.82 Å². The zero-order chi connectivity index (χ0) is 21.1. The van der Waals surface area contributed by atoms with Gasteiger partial charge in [0.25, 0.3) is 0 Å². The molecule has 162 valence electrons. The lowest BCUT2D eigenvalue weighted by Crippen LogP contribution is -2.49. The quantitative estimate of drug-likeness (QED) is 0.742. The van der Waals surface area contributed by atoms with Gasteiger partial charge in [0, 0.05) is 44.8 Å². The van der Waals surface area contributed by atoms with Crippen LogP contribution in [0.1, 0.15) is 36.2 Å². The zero-order valence-electron chi connectivity index (χ0n) is 18.1. The van der Waals surface area contributed by atoms with Crippen molar-refractivity contribution in [1.29, 1.82) is 0 Å². The van der Waals surface area contributed by atoms with Crippen molar-refractivity contribution in [3.05, 3.63) is 39.9 Å². The fraction of sp³-hybridized carbons (Fsp3) is 0.591. The molecule has 0 bridgehead atoms. The van der Waals surface area contributed by atoms with E-state index in [0.29, 0.717) is 6.54 Å². The number of nitrogens with one attached hydrogen (secondary N) is 1. The maximum atomic E-state index is 12.5. The molecule has 1 saturated heterocycles. The molecule has 4 rings (SSSR count). The number of nitrogens with zero attached hydrogens (tertiary/aromatic N) is 5. The molecule has 2 aromatic rings. The van der Waals surface area contributed by atoms with Crippen molar-refractivity contribution in [2.24, 2.45) is 0 Å². The Morgan fingerprint density at radius 1 is 1.07 bits per heavy atom. The molecule has 0 aliphatic carbocycles. The van der Waals surface area contributed by atoms with E-state index in [2.05, 4.69) is 32.7 Å². The third kappa shape index (κ3) is 4.82. The Morgan fingerprint density at radius 3 is 2.63 bits per heavy atom. The van der Waals surface area contributed by atoms with E-state index in [1.54, 1.807) is 0 Å². The fourth-order valence-corrected chi connectivity index (χ4v) is 4.57. The van der Waals surface area contributed by atoms with Crippen LogP contribution in [-0.4, -0.2) is 62.8 Å². The highest BCUT2D eigenvalue weighted by Gasteiger charge is 2.21. The van der Waals surface area contributed by atoms with Gasteiger partial charge in [-0.25, -0.2) is 4.68 Å². The average Bonchev–Trinajstić information content (AvgIpc) is 2.89. The highest BCUT2D eigenvalue weighted by molar-refractivity contribution is 7.71. The Hall–Kier alpha value is -2.03. The summed E-state index contributed by atoms with van der Waals surface area (Å²) in [5.41, 5.74) is 3.23. The lowest BCUT2D eigenvalue weighted by molar-refractivity contribution is -0.117. The largest absolute Gasteiger partial charge is 0.325 e. The number of anilines is 1. The van der Waals surface area contributed by atoms with Gasteiger partial charge in [-0.2, -0.15) is 5.10 Å². The second-order valence-electron chi connectivity index (χ2n) is 8.49. The van der Waals surface area contributed by atoms with Crippen molar-refractivity contribution in [3.8, 4) is 0 Å². The first-order valence-electron chi connectivity index (χ1n) is 11.0. The van der Waals surface area contributed by atoms with E-state index >= 15 is 0 Å². The van der Waals surface area contributed by atoms with Crippen molar-refractivity contribution >= 4 is 23.8 Å². The number of hydrogen-bond donors (Lipinski definition) is 1. The number of aromatic nitrogens is 3. The zero-order valence-corrected chi connectivity index (χ0v) is 18.9. The smallest absolute Gasteiger partial charge is 0.238 e. The third-order valence-corrected chi connectivity index (χ3v) is 6.76. The molecule has 3 heterocycles. The van der Waals surface area contributed by atoms with Crippen molar-refractivity contribution in [2.75, 3.05) is 38.0 Å². The molecule has 30 heavy (non-hydrogen) atoms. The van der Waals surface area contributed by atoms with Gasteiger partial charge in [0.05, 0.1) is 13.2 Å². The Morgan fingerprint density at radius 2 is 1.83 bits per heavy atom. The number of fused-ring (bicyclic) bond motifs is 1. The van der Waals surface area contributed by atoms with E-state index in [4.69, 9.17) is 17.3 Å². The number of benzene rings is 1. The van der Waals surface area contributed by atoms with Crippen LogP contribution in [0.2, 0.25) is 0 Å². The third-order valence-electron chi connectivity index (χ3n) is 6.33. The molecule has 1 aromatic heterocycles. The Labute approximate surface area is 183 Å². The van der Waals surface area contributed by atoms with Crippen LogP contribution in [0.5, 0.6) is 0 Å². The summed E-state index contributed by atoms with van der Waals surface area (Å²) in [6, 6.07) is 6.01. The van der Waals surface area contributed by atoms with Gasteiger partial charge < -0.3 is 9.88 Å². The molecule has 0 unspecified atom stereocenters. The van der Waals surface area contributed by atoms with Gasteiger partial charge in [-0.3, -0.25) is 14.6 Å². The average molecular weight is 429 g/mol. The van der Waals surface area contributed by atoms with Crippen molar-refractivity contribution in [1.82, 2.24) is 24.1 Å². The molecule has 1 N–H and O–H groups in total. The summed E-state index contributed by atoms with van der Waals surface area (Å²) < 4.78 is 5.05. The summed E-state index contributed by atoms with van der Waals surface area (Å²) in [4.78, 5) is 17.1. The molecule has 2 aliphatic heterocycles. The lowest BCUT2D eigenvalue weighted by Gasteiger charge is -2.34. The highest BCUT2D eigenvalue weighted by Crippen LogP contribution is 2.18. The number of rotatable bonds is 5. The van der Waals surface area contributed by atoms with Crippen LogP contribution < -0.4 is 5.32 Å². The van der Waals surface area contributed by atoms with Crippen LogP contribution >= 0.6 is 12.2 Å². The van der Waals surface area contributed by atoms with Gasteiger partial charge >= 0.3 is 0 Å². The SMILES string of the molecule is Cc1cccc(NC(=O)CN2CCN(Cn3nc4n(c3=S)CCCCC4)CC2)c1C. The van der Waals surface area contributed by atoms with E-state index in [-0.39, 0.29) is 5.91 Å². The molecule has 1 fully saturated rings. The maximum absolute atomic E-state index is 12.5. The minimum atomic E-state index is 0.0530. The molecule has 1 aromatic carbocycles. The Balaban J connectivity index is 1.28. The fourth-order valence-electron chi connectivity index (χ4n) is 4.28. The van der Waals surface area contributed by atoms with E-state index in [0.717, 1.165) is 67.7 Å². The number of amides is 1. The van der Waals surface area contributed by atoms with E-state index in [1.807, 2.05) is 23.7 Å². The van der Waals surface area contributed by atoms with Crippen LogP contribution in [0.15, 0.2) is 18.2 Å². The first-order valence-corrected chi connectivity index (χ1v) is 11.4. The summed E-state index contributed by atoms with van der Waals surface area (Å²) in [7, 11) is 0. The second-order valence-corrected chi connectivity index (χ2v) is 8.86. The van der Waals surface area contributed by atoms with Gasteiger partial charge in [-0.1, -0.05) is 18.6 Å². The molecule has 7 nitrogen and oxygen atoms in total. The van der Waals surface area contributed by atoms with Crippen LogP contribution in [0.25, 0.3) is 0 Å². The van der Waals surface area contributed by atoms with Crippen LogP contribution in [0.3, 0.4) is 0 Å². The molecule has 0 saturated carbocycles. The number of hydrogen-bond acceptors (Lipinski definition) is 5. The van der Waals surface area contributed by atoms with Crippen molar-refractivity contribution in [3.63, 3.8) is 0 Å². The Bertz CT molecular complexity index is 957. The normalized spacial score (nSPS) is 18.1. The van der Waals surface area contributed by atoms with Gasteiger partial charge in [0.2, 0.25) is 5.91 Å². The summed E-state index contributed by atoms with van der Waals surface area (Å²) in [5.74, 6) is 1.19. The molecule has 0 atom stereocenters. The minimum Gasteiger partial charge on any atom is -0.325 e. The lowest BCUT2D eigenvalue weighted by atomic mass is 10.1. The topological polar surface area (TPSA) is 58.3 Å². The first-order chi connectivity index (χ1) is 14.5. The number of piperazine rings is 1. The van der Waals surface area contributed by atoms with Crippen LogP contribution in [0.4, 0.5) is 5.69 Å². The summed E-state index contributed by atoms with van der Waals surface area (Å²) >= 11 is 5.68. The van der Waals surface area contributed by atoms with Crippen molar-refractivity contribution in [2.45, 2.75) is 52.7 Å². The van der Waals surface area contributed by atoms with Gasteiger partial charge in [0.15, 0.2) is 4.77 Å². The monoisotopic (exact) mass is 428 g/mol. The summed E-state index contributed by atoms with van der Waals surface area (Å²) in [6.45, 7) is 9.86. The molecule has 0 radical (unpaired) electrons. The summed E-state index contributed by atoms with van der Waals surface area (Å²) in [5, 5.41) is 7.85. The first kappa shape index (κ1) is 21.2. The van der Waals surface area contributed by atoms with E-state index in [1.165, 1.54) is 24.8 Å².